The second kappa shape index (κ2) is 6.10. The number of nitrogens with zero attached hydrogens (tertiary/aromatic N) is 3. The van der Waals surface area contributed by atoms with Crippen molar-refractivity contribution in [2.24, 2.45) is 5.10 Å². The van der Waals surface area contributed by atoms with Gasteiger partial charge in [-0.3, -0.25) is 15.5 Å². The topological polar surface area (TPSA) is 80.4 Å². The number of rotatable bonds is 4. The zero-order valence-corrected chi connectivity index (χ0v) is 11.9. The number of halogens is 3. The fourth-order valence-corrected chi connectivity index (χ4v) is 2.30. The fourth-order valence-electron chi connectivity index (χ4n) is 1.66. The molecular weight excluding hydrogens is 321 g/mol. The molecule has 0 atom stereocenters. The average molecular weight is 330 g/mol. The molecule has 1 aromatic heterocycles. The Balaban J connectivity index is 2.32. The van der Waals surface area contributed by atoms with E-state index in [2.05, 4.69) is 15.5 Å². The van der Waals surface area contributed by atoms with Gasteiger partial charge in [0.1, 0.15) is 5.56 Å². The molecule has 0 radical (unpaired) electrons. The van der Waals surface area contributed by atoms with Gasteiger partial charge in [-0.2, -0.15) is 18.3 Å². The van der Waals surface area contributed by atoms with Crippen molar-refractivity contribution in [3.05, 3.63) is 50.5 Å². The summed E-state index contributed by atoms with van der Waals surface area (Å²) in [5.41, 5.74) is 0.674. The van der Waals surface area contributed by atoms with Gasteiger partial charge in [0.25, 0.3) is 5.69 Å². The third-order valence-corrected chi connectivity index (χ3v) is 3.40. The van der Waals surface area contributed by atoms with Crippen LogP contribution in [-0.2, 0) is 6.18 Å². The molecule has 0 saturated carbocycles. The monoisotopic (exact) mass is 330 g/mol. The first-order valence-electron chi connectivity index (χ1n) is 5.85. The summed E-state index contributed by atoms with van der Waals surface area (Å²) in [6, 6.07) is 2.93. The summed E-state index contributed by atoms with van der Waals surface area (Å²) in [6.45, 7) is 1.77. The molecule has 1 N–H and O–H groups in total. The van der Waals surface area contributed by atoms with Crippen LogP contribution in [0, 0.1) is 17.0 Å². The van der Waals surface area contributed by atoms with E-state index < -0.39 is 22.4 Å². The van der Waals surface area contributed by atoms with Crippen LogP contribution in [0.4, 0.5) is 24.0 Å². The lowest BCUT2D eigenvalue weighted by Crippen LogP contribution is -2.10. The molecule has 2 rings (SSSR count). The van der Waals surface area contributed by atoms with E-state index in [0.29, 0.717) is 11.2 Å². The molecule has 22 heavy (non-hydrogen) atoms. The van der Waals surface area contributed by atoms with Crippen LogP contribution >= 0.6 is 11.3 Å². The lowest BCUT2D eigenvalue weighted by Gasteiger charge is -2.08. The number of hydrogen-bond donors (Lipinski definition) is 1. The summed E-state index contributed by atoms with van der Waals surface area (Å²) in [5, 5.41) is 16.8. The number of nitrogens with one attached hydrogen (secondary N) is 1. The van der Waals surface area contributed by atoms with Crippen molar-refractivity contribution in [3.63, 3.8) is 0 Å². The molecule has 1 aromatic carbocycles. The molecule has 0 fully saturated rings. The average Bonchev–Trinajstić information content (AvgIpc) is 2.83. The number of aromatic nitrogens is 1. The summed E-state index contributed by atoms with van der Waals surface area (Å²) in [7, 11) is 0. The molecular formula is C12H9F3N4O2S. The molecule has 0 amide bonds. The molecule has 1 heterocycles. The number of para-hydroxylation sites is 1. The van der Waals surface area contributed by atoms with Gasteiger partial charge in [-0.25, -0.2) is 4.98 Å². The van der Waals surface area contributed by atoms with Crippen LogP contribution in [0.2, 0.25) is 0 Å². The van der Waals surface area contributed by atoms with Crippen LogP contribution in [0.3, 0.4) is 0 Å². The van der Waals surface area contributed by atoms with E-state index in [0.717, 1.165) is 18.0 Å². The maximum atomic E-state index is 12.8. The Morgan fingerprint density at radius 1 is 1.45 bits per heavy atom. The smallest absolute Gasteiger partial charge is 0.258 e. The molecule has 6 nitrogen and oxygen atoms in total. The first-order chi connectivity index (χ1) is 10.3. The fraction of sp³-hybridized carbons (Fsp3) is 0.167. The van der Waals surface area contributed by atoms with Crippen molar-refractivity contribution in [2.75, 3.05) is 5.43 Å². The molecule has 0 aliphatic heterocycles. The SMILES string of the molecule is Cc1csc(NN=Cc2cccc(C(F)(F)F)c2[N+](=O)[O-])n1. The van der Waals surface area contributed by atoms with Gasteiger partial charge in [0, 0.05) is 5.38 Å². The van der Waals surface area contributed by atoms with Gasteiger partial charge >= 0.3 is 6.18 Å². The van der Waals surface area contributed by atoms with Crippen LogP contribution in [0.1, 0.15) is 16.8 Å². The molecule has 0 aliphatic rings. The zero-order chi connectivity index (χ0) is 16.3. The Labute approximate surface area is 126 Å². The number of hydrazone groups is 1. The second-order valence-corrected chi connectivity index (χ2v) is 5.02. The minimum Gasteiger partial charge on any atom is -0.258 e. The number of aryl methyl sites for hydroxylation is 1. The molecule has 0 bridgehead atoms. The summed E-state index contributed by atoms with van der Waals surface area (Å²) < 4.78 is 38.4. The number of nitro benzene ring substituents is 1. The number of thiazole rings is 1. The summed E-state index contributed by atoms with van der Waals surface area (Å²) in [5.74, 6) is 0. The van der Waals surface area contributed by atoms with Crippen molar-refractivity contribution >= 4 is 28.4 Å². The predicted octanol–water partition coefficient (Wildman–Crippen LogP) is 3.82. The van der Waals surface area contributed by atoms with Crippen LogP contribution in [0.15, 0.2) is 28.7 Å². The number of nitro groups is 1. The van der Waals surface area contributed by atoms with Gasteiger partial charge in [-0.1, -0.05) is 6.07 Å². The highest BCUT2D eigenvalue weighted by Crippen LogP contribution is 2.37. The number of alkyl halides is 3. The van der Waals surface area contributed by atoms with Crippen LogP contribution in [0.5, 0.6) is 0 Å². The van der Waals surface area contributed by atoms with E-state index >= 15 is 0 Å². The Morgan fingerprint density at radius 2 is 2.18 bits per heavy atom. The normalized spacial score (nSPS) is 11.8. The third-order valence-electron chi connectivity index (χ3n) is 2.54. The number of benzene rings is 1. The van der Waals surface area contributed by atoms with E-state index in [1.54, 1.807) is 12.3 Å². The van der Waals surface area contributed by atoms with Gasteiger partial charge in [0.05, 0.1) is 22.4 Å². The van der Waals surface area contributed by atoms with E-state index in [1.165, 1.54) is 17.4 Å². The molecule has 2 aromatic rings. The molecule has 0 spiro atoms. The Morgan fingerprint density at radius 3 is 2.73 bits per heavy atom. The van der Waals surface area contributed by atoms with Crippen molar-refractivity contribution in [2.45, 2.75) is 13.1 Å². The molecule has 10 heteroatoms. The third kappa shape index (κ3) is 3.58. The molecule has 116 valence electrons. The van der Waals surface area contributed by atoms with E-state index in [-0.39, 0.29) is 5.56 Å². The molecule has 0 aliphatic carbocycles. The maximum Gasteiger partial charge on any atom is 0.423 e. The van der Waals surface area contributed by atoms with Crippen molar-refractivity contribution in [3.8, 4) is 0 Å². The number of hydrogen-bond acceptors (Lipinski definition) is 6. The highest BCUT2D eigenvalue weighted by atomic mass is 32.1. The first kappa shape index (κ1) is 15.9. The summed E-state index contributed by atoms with van der Waals surface area (Å²) in [6.07, 6.45) is -3.85. The highest BCUT2D eigenvalue weighted by Gasteiger charge is 2.39. The van der Waals surface area contributed by atoms with Crippen molar-refractivity contribution in [1.29, 1.82) is 0 Å². The largest absolute Gasteiger partial charge is 0.423 e. The summed E-state index contributed by atoms with van der Waals surface area (Å²) in [4.78, 5) is 13.9. The lowest BCUT2D eigenvalue weighted by molar-refractivity contribution is -0.388. The minimum absolute atomic E-state index is 0.249. The quantitative estimate of drug-likeness (QED) is 0.525. The maximum absolute atomic E-state index is 12.8. The first-order valence-corrected chi connectivity index (χ1v) is 6.73. The second-order valence-electron chi connectivity index (χ2n) is 4.16. The van der Waals surface area contributed by atoms with Gasteiger partial charge < -0.3 is 0 Å². The van der Waals surface area contributed by atoms with Gasteiger partial charge in [-0.15, -0.1) is 11.3 Å². The Kier molecular flexibility index (Phi) is 4.40. The van der Waals surface area contributed by atoms with Crippen LogP contribution in [-0.4, -0.2) is 16.1 Å². The van der Waals surface area contributed by atoms with Gasteiger partial charge in [0.2, 0.25) is 5.13 Å². The predicted molar refractivity (Wildman–Crippen MR) is 76.2 cm³/mol. The van der Waals surface area contributed by atoms with E-state index in [1.807, 2.05) is 0 Å². The van der Waals surface area contributed by atoms with Crippen molar-refractivity contribution in [1.82, 2.24) is 4.98 Å². The van der Waals surface area contributed by atoms with E-state index in [4.69, 9.17) is 0 Å². The Hall–Kier alpha value is -2.49. The Bertz CT molecular complexity index is 727. The van der Waals surface area contributed by atoms with E-state index in [9.17, 15) is 23.3 Å². The van der Waals surface area contributed by atoms with Crippen LogP contribution in [0.25, 0.3) is 0 Å². The van der Waals surface area contributed by atoms with Crippen molar-refractivity contribution < 1.29 is 18.1 Å². The van der Waals surface area contributed by atoms with Gasteiger partial charge in [-0.05, 0) is 19.1 Å². The summed E-state index contributed by atoms with van der Waals surface area (Å²) >= 11 is 1.25. The minimum atomic E-state index is -4.81. The number of anilines is 1. The molecule has 0 unspecified atom stereocenters. The standard InChI is InChI=1S/C12H9F3N4O2S/c1-7-6-22-11(17-7)18-16-5-8-3-2-4-9(12(13,14)15)10(8)19(20)21/h2-6H,1H3,(H,17,18). The zero-order valence-electron chi connectivity index (χ0n) is 11.1. The van der Waals surface area contributed by atoms with Crippen LogP contribution < -0.4 is 5.43 Å². The lowest BCUT2D eigenvalue weighted by atomic mass is 10.1. The molecule has 0 saturated heterocycles. The highest BCUT2D eigenvalue weighted by molar-refractivity contribution is 7.13. The van der Waals surface area contributed by atoms with Gasteiger partial charge in [0.15, 0.2) is 0 Å².